The van der Waals surface area contributed by atoms with Gasteiger partial charge in [-0.15, -0.1) is 0 Å². The minimum Gasteiger partial charge on any atom is -0.365 e. The molecule has 116 valence electrons. The van der Waals surface area contributed by atoms with Crippen molar-refractivity contribution >= 4 is 5.91 Å². The summed E-state index contributed by atoms with van der Waals surface area (Å²) in [5.41, 5.74) is 5.70. The van der Waals surface area contributed by atoms with Crippen LogP contribution in [0.1, 0.15) is 71.1 Å². The number of carbonyl (C=O) groups excluding carboxylic acids is 1. The first-order valence-electron chi connectivity index (χ1n) is 8.33. The third-order valence-electron chi connectivity index (χ3n) is 4.91. The summed E-state index contributed by atoms with van der Waals surface area (Å²) in [6.45, 7) is 2.41. The second-order valence-corrected chi connectivity index (χ2v) is 6.57. The Hall–Kier alpha value is -0.610. The van der Waals surface area contributed by atoms with Crippen LogP contribution in [-0.2, 0) is 9.53 Å². The summed E-state index contributed by atoms with van der Waals surface area (Å²) < 4.78 is 5.98. The number of carbonyl (C=O) groups is 1. The van der Waals surface area contributed by atoms with Gasteiger partial charge in [-0.1, -0.05) is 38.5 Å². The van der Waals surface area contributed by atoms with Gasteiger partial charge in [-0.05, 0) is 32.6 Å². The Morgan fingerprint density at radius 1 is 1.20 bits per heavy atom. The van der Waals surface area contributed by atoms with Crippen molar-refractivity contribution in [2.75, 3.05) is 6.54 Å². The van der Waals surface area contributed by atoms with Crippen molar-refractivity contribution in [1.29, 1.82) is 0 Å². The van der Waals surface area contributed by atoms with E-state index < -0.39 is 0 Å². The normalized spacial score (nSPS) is 25.1. The van der Waals surface area contributed by atoms with Crippen molar-refractivity contribution in [3.05, 3.63) is 0 Å². The van der Waals surface area contributed by atoms with Gasteiger partial charge in [0.15, 0.2) is 0 Å². The zero-order valence-corrected chi connectivity index (χ0v) is 12.8. The largest absolute Gasteiger partial charge is 0.365 e. The van der Waals surface area contributed by atoms with Gasteiger partial charge < -0.3 is 15.8 Å². The highest BCUT2D eigenvalue weighted by Gasteiger charge is 2.35. The van der Waals surface area contributed by atoms with Crippen LogP contribution < -0.4 is 11.1 Å². The highest BCUT2D eigenvalue weighted by molar-refractivity contribution is 5.81. The zero-order chi connectivity index (χ0) is 14.4. The smallest absolute Gasteiger partial charge is 0.249 e. The molecule has 0 saturated heterocycles. The van der Waals surface area contributed by atoms with Gasteiger partial charge in [0.05, 0.1) is 11.6 Å². The van der Waals surface area contributed by atoms with E-state index in [-0.39, 0.29) is 23.7 Å². The van der Waals surface area contributed by atoms with Gasteiger partial charge >= 0.3 is 0 Å². The highest BCUT2D eigenvalue weighted by atomic mass is 16.5. The van der Waals surface area contributed by atoms with E-state index >= 15 is 0 Å². The lowest BCUT2D eigenvalue weighted by Crippen LogP contribution is -2.54. The number of nitrogens with one attached hydrogen (secondary N) is 1. The van der Waals surface area contributed by atoms with Gasteiger partial charge in [0.2, 0.25) is 5.91 Å². The average molecular weight is 282 g/mol. The fourth-order valence-corrected chi connectivity index (χ4v) is 3.52. The van der Waals surface area contributed by atoms with Crippen LogP contribution in [0.15, 0.2) is 0 Å². The maximum atomic E-state index is 12.3. The Labute approximate surface area is 122 Å². The molecule has 1 unspecified atom stereocenters. The van der Waals surface area contributed by atoms with Crippen LogP contribution in [0.2, 0.25) is 0 Å². The molecule has 2 rings (SSSR count). The van der Waals surface area contributed by atoms with Crippen LogP contribution in [-0.4, -0.2) is 30.2 Å². The van der Waals surface area contributed by atoms with Gasteiger partial charge in [-0.2, -0.15) is 0 Å². The second-order valence-electron chi connectivity index (χ2n) is 6.57. The standard InChI is InChI=1S/C16H30N2O2/c1-13(20-14-8-4-2-3-5-9-14)15(19)18-16(12-17)10-6-7-11-16/h13-14H,2-12,17H2,1H3,(H,18,19). The monoisotopic (exact) mass is 282 g/mol. The van der Waals surface area contributed by atoms with Gasteiger partial charge in [0.25, 0.3) is 0 Å². The Morgan fingerprint density at radius 3 is 2.35 bits per heavy atom. The third-order valence-corrected chi connectivity index (χ3v) is 4.91. The number of hydrogen-bond donors (Lipinski definition) is 2. The topological polar surface area (TPSA) is 64.3 Å². The fourth-order valence-electron chi connectivity index (χ4n) is 3.52. The quantitative estimate of drug-likeness (QED) is 0.762. The van der Waals surface area contributed by atoms with Gasteiger partial charge in [-0.3, -0.25) is 4.79 Å². The van der Waals surface area contributed by atoms with Crippen LogP contribution in [0.4, 0.5) is 0 Å². The molecule has 4 nitrogen and oxygen atoms in total. The maximum Gasteiger partial charge on any atom is 0.249 e. The minimum absolute atomic E-state index is 0.0154. The van der Waals surface area contributed by atoms with E-state index in [1.165, 1.54) is 25.7 Å². The summed E-state index contributed by atoms with van der Waals surface area (Å²) >= 11 is 0. The molecule has 0 aliphatic heterocycles. The highest BCUT2D eigenvalue weighted by Crippen LogP contribution is 2.29. The summed E-state index contributed by atoms with van der Waals surface area (Å²) in [5.74, 6) is 0.0154. The molecule has 2 aliphatic carbocycles. The van der Waals surface area contributed by atoms with E-state index in [1.807, 2.05) is 6.92 Å². The SMILES string of the molecule is CC(OC1CCCCCC1)C(=O)NC1(CN)CCCC1. The maximum absolute atomic E-state index is 12.3. The molecule has 0 aromatic carbocycles. The first-order valence-corrected chi connectivity index (χ1v) is 8.33. The summed E-state index contributed by atoms with van der Waals surface area (Å²) in [5, 5.41) is 3.16. The van der Waals surface area contributed by atoms with E-state index in [0.29, 0.717) is 6.54 Å². The van der Waals surface area contributed by atoms with E-state index in [4.69, 9.17) is 10.5 Å². The van der Waals surface area contributed by atoms with Crippen LogP contribution in [0.25, 0.3) is 0 Å². The molecule has 0 aromatic heterocycles. The van der Waals surface area contributed by atoms with E-state index in [0.717, 1.165) is 38.5 Å². The van der Waals surface area contributed by atoms with Crippen LogP contribution in [0, 0.1) is 0 Å². The number of amides is 1. The molecule has 2 saturated carbocycles. The van der Waals surface area contributed by atoms with Gasteiger partial charge in [0.1, 0.15) is 6.10 Å². The van der Waals surface area contributed by atoms with E-state index in [9.17, 15) is 4.79 Å². The zero-order valence-electron chi connectivity index (χ0n) is 12.8. The van der Waals surface area contributed by atoms with Crippen LogP contribution >= 0.6 is 0 Å². The molecule has 20 heavy (non-hydrogen) atoms. The summed E-state index contributed by atoms with van der Waals surface area (Å²) in [6.07, 6.45) is 11.5. The molecule has 1 amide bonds. The van der Waals surface area contributed by atoms with Crippen molar-refractivity contribution in [3.8, 4) is 0 Å². The predicted molar refractivity (Wildman–Crippen MR) is 80.4 cm³/mol. The van der Waals surface area contributed by atoms with Crippen molar-refractivity contribution in [1.82, 2.24) is 5.32 Å². The number of nitrogens with two attached hydrogens (primary N) is 1. The number of ether oxygens (including phenoxy) is 1. The molecule has 0 radical (unpaired) electrons. The Balaban J connectivity index is 1.81. The van der Waals surface area contributed by atoms with Crippen molar-refractivity contribution in [2.24, 2.45) is 5.73 Å². The molecule has 4 heteroatoms. The lowest BCUT2D eigenvalue weighted by Gasteiger charge is -2.31. The van der Waals surface area contributed by atoms with Crippen LogP contribution in [0.5, 0.6) is 0 Å². The number of hydrogen-bond acceptors (Lipinski definition) is 3. The molecule has 3 N–H and O–H groups in total. The summed E-state index contributed by atoms with van der Waals surface area (Å²) in [7, 11) is 0. The first kappa shape index (κ1) is 15.8. The third kappa shape index (κ3) is 4.19. The van der Waals surface area contributed by atoms with Crippen molar-refractivity contribution in [2.45, 2.75) is 88.9 Å². The fraction of sp³-hybridized carbons (Fsp3) is 0.938. The van der Waals surface area contributed by atoms with Crippen LogP contribution in [0.3, 0.4) is 0 Å². The molecule has 0 aromatic rings. The van der Waals surface area contributed by atoms with Crippen molar-refractivity contribution in [3.63, 3.8) is 0 Å². The summed E-state index contributed by atoms with van der Waals surface area (Å²) in [4.78, 5) is 12.3. The Morgan fingerprint density at radius 2 is 1.80 bits per heavy atom. The molecule has 0 heterocycles. The molecule has 1 atom stereocenters. The average Bonchev–Trinajstić information content (AvgIpc) is 2.76. The molecule has 0 spiro atoms. The van der Waals surface area contributed by atoms with Crippen molar-refractivity contribution < 1.29 is 9.53 Å². The first-order chi connectivity index (χ1) is 9.65. The number of rotatable bonds is 5. The molecular weight excluding hydrogens is 252 g/mol. The second kappa shape index (κ2) is 7.41. The van der Waals surface area contributed by atoms with E-state index in [1.54, 1.807) is 0 Å². The Kier molecular flexibility index (Phi) is 5.85. The lowest BCUT2D eigenvalue weighted by atomic mass is 9.97. The molecule has 2 fully saturated rings. The molecule has 2 aliphatic rings. The molecular formula is C16H30N2O2. The van der Waals surface area contributed by atoms with Gasteiger partial charge in [0, 0.05) is 6.54 Å². The predicted octanol–water partition coefficient (Wildman–Crippen LogP) is 2.50. The Bertz CT molecular complexity index is 306. The lowest BCUT2D eigenvalue weighted by molar-refractivity contribution is -0.137. The minimum atomic E-state index is -0.359. The summed E-state index contributed by atoms with van der Waals surface area (Å²) in [6, 6.07) is 0. The van der Waals surface area contributed by atoms with Gasteiger partial charge in [-0.25, -0.2) is 0 Å². The molecule has 0 bridgehead atoms. The van der Waals surface area contributed by atoms with E-state index in [2.05, 4.69) is 5.32 Å².